The highest BCUT2D eigenvalue weighted by molar-refractivity contribution is 5.77. The minimum Gasteiger partial charge on any atom is -0.492 e. The van der Waals surface area contributed by atoms with Crippen molar-refractivity contribution in [3.63, 3.8) is 0 Å². The maximum Gasteiger partial charge on any atom is 0.188 e. The number of aliphatic imine (C=N–C) groups is 1. The number of hydrogen-bond donors (Lipinski definition) is 2. The Balaban J connectivity index is 1.51. The maximum absolute atomic E-state index is 5.84. The van der Waals surface area contributed by atoms with Gasteiger partial charge in [-0.05, 0) is 25.5 Å². The van der Waals surface area contributed by atoms with Crippen LogP contribution in [0, 0.1) is 6.92 Å². The molecule has 0 radical (unpaired) electrons. The summed E-state index contributed by atoms with van der Waals surface area (Å²) < 4.78 is 11.0. The van der Waals surface area contributed by atoms with E-state index in [-0.39, 0.29) is 0 Å². The molecule has 0 spiro atoms. The van der Waals surface area contributed by atoms with E-state index in [4.69, 9.17) is 15.2 Å². The number of rotatable bonds is 8. The lowest BCUT2D eigenvalue weighted by Crippen LogP contribution is -2.37. The van der Waals surface area contributed by atoms with E-state index >= 15 is 0 Å². The third kappa shape index (κ3) is 7.34. The Bertz CT molecular complexity index is 470. The summed E-state index contributed by atoms with van der Waals surface area (Å²) in [5.41, 5.74) is 7.07. The topological polar surface area (TPSA) is 72.1 Å². The predicted octanol–water partition coefficient (Wildman–Crippen LogP) is 1.00. The molecule has 3 N–H and O–H groups in total. The molecule has 6 nitrogen and oxygen atoms in total. The summed E-state index contributed by atoms with van der Waals surface area (Å²) in [4.78, 5) is 6.74. The van der Waals surface area contributed by atoms with Crippen LogP contribution >= 0.6 is 0 Å². The Kier molecular flexibility index (Phi) is 7.69. The first kappa shape index (κ1) is 17.6. The van der Waals surface area contributed by atoms with Gasteiger partial charge in [-0.25, -0.2) is 0 Å². The van der Waals surface area contributed by atoms with Gasteiger partial charge < -0.3 is 20.5 Å². The monoisotopic (exact) mass is 320 g/mol. The van der Waals surface area contributed by atoms with Crippen molar-refractivity contribution in [2.24, 2.45) is 10.7 Å². The molecular formula is C17H28N4O2. The van der Waals surface area contributed by atoms with Crippen LogP contribution in [0.15, 0.2) is 29.3 Å². The van der Waals surface area contributed by atoms with Gasteiger partial charge in [0.25, 0.3) is 0 Å². The summed E-state index contributed by atoms with van der Waals surface area (Å²) in [6.07, 6.45) is 1.02. The highest BCUT2D eigenvalue weighted by Gasteiger charge is 2.08. The smallest absolute Gasteiger partial charge is 0.188 e. The van der Waals surface area contributed by atoms with Crippen LogP contribution in [-0.4, -0.2) is 63.4 Å². The maximum atomic E-state index is 5.84. The Hall–Kier alpha value is -1.79. The van der Waals surface area contributed by atoms with Gasteiger partial charge in [-0.2, -0.15) is 0 Å². The fourth-order valence-corrected chi connectivity index (χ4v) is 2.36. The van der Waals surface area contributed by atoms with Gasteiger partial charge in [-0.15, -0.1) is 0 Å². The molecule has 0 aliphatic carbocycles. The van der Waals surface area contributed by atoms with Crippen LogP contribution < -0.4 is 15.8 Å². The molecule has 1 aromatic carbocycles. The van der Waals surface area contributed by atoms with E-state index in [0.29, 0.717) is 19.1 Å². The number of nitrogens with two attached hydrogens (primary N) is 1. The highest BCUT2D eigenvalue weighted by Crippen LogP contribution is 2.10. The SMILES string of the molecule is Cc1ccc(OCCNC(N)=NCCCN2CCOCC2)cc1. The van der Waals surface area contributed by atoms with E-state index in [2.05, 4.69) is 22.1 Å². The Morgan fingerprint density at radius 2 is 2.04 bits per heavy atom. The minimum atomic E-state index is 0.486. The number of benzene rings is 1. The number of nitrogens with one attached hydrogen (secondary N) is 1. The first-order chi connectivity index (χ1) is 11.2. The molecule has 128 valence electrons. The van der Waals surface area contributed by atoms with Crippen molar-refractivity contribution in [1.82, 2.24) is 10.2 Å². The van der Waals surface area contributed by atoms with Gasteiger partial charge in [0.05, 0.1) is 19.8 Å². The van der Waals surface area contributed by atoms with Crippen LogP contribution in [0.4, 0.5) is 0 Å². The van der Waals surface area contributed by atoms with Crippen LogP contribution in [0.3, 0.4) is 0 Å². The van der Waals surface area contributed by atoms with Crippen molar-refractivity contribution >= 4 is 5.96 Å². The molecule has 1 aromatic rings. The van der Waals surface area contributed by atoms with Crippen molar-refractivity contribution in [1.29, 1.82) is 0 Å². The molecule has 1 aliphatic rings. The van der Waals surface area contributed by atoms with Crippen LogP contribution in [0.1, 0.15) is 12.0 Å². The normalized spacial score (nSPS) is 16.3. The molecule has 0 atom stereocenters. The molecule has 0 saturated carbocycles. The molecule has 0 amide bonds. The second kappa shape index (κ2) is 10.1. The van der Waals surface area contributed by atoms with Gasteiger partial charge >= 0.3 is 0 Å². The molecule has 2 rings (SSSR count). The fraction of sp³-hybridized carbons (Fsp3) is 0.588. The lowest BCUT2D eigenvalue weighted by molar-refractivity contribution is 0.0377. The van der Waals surface area contributed by atoms with Gasteiger partial charge in [0.2, 0.25) is 0 Å². The average molecular weight is 320 g/mol. The molecule has 6 heteroatoms. The number of ether oxygens (including phenoxy) is 2. The number of hydrogen-bond acceptors (Lipinski definition) is 4. The molecule has 0 aromatic heterocycles. The van der Waals surface area contributed by atoms with E-state index < -0.39 is 0 Å². The molecule has 23 heavy (non-hydrogen) atoms. The summed E-state index contributed by atoms with van der Waals surface area (Å²) in [7, 11) is 0. The predicted molar refractivity (Wildman–Crippen MR) is 93.0 cm³/mol. The van der Waals surface area contributed by atoms with E-state index in [1.165, 1.54) is 5.56 Å². The molecule has 1 fully saturated rings. The molecule has 1 aliphatic heterocycles. The first-order valence-corrected chi connectivity index (χ1v) is 8.27. The summed E-state index contributed by atoms with van der Waals surface area (Å²) in [6.45, 7) is 8.79. The third-order valence-corrected chi connectivity index (χ3v) is 3.72. The van der Waals surface area contributed by atoms with Gasteiger partial charge in [0, 0.05) is 26.2 Å². The van der Waals surface area contributed by atoms with Crippen molar-refractivity contribution in [3.8, 4) is 5.75 Å². The molecule has 1 heterocycles. The zero-order valence-corrected chi connectivity index (χ0v) is 14.0. The lowest BCUT2D eigenvalue weighted by atomic mass is 10.2. The fourth-order valence-electron chi connectivity index (χ4n) is 2.36. The van der Waals surface area contributed by atoms with E-state index in [1.807, 2.05) is 24.3 Å². The third-order valence-electron chi connectivity index (χ3n) is 3.72. The minimum absolute atomic E-state index is 0.486. The standard InChI is InChI=1S/C17H28N4O2/c1-15-3-5-16(6-4-15)23-12-8-20-17(18)19-7-2-9-21-10-13-22-14-11-21/h3-6H,2,7-14H2,1H3,(H3,18,19,20). The number of aryl methyl sites for hydroxylation is 1. The van der Waals surface area contributed by atoms with Gasteiger partial charge in [0.1, 0.15) is 12.4 Å². The second-order valence-electron chi connectivity index (χ2n) is 5.66. The van der Waals surface area contributed by atoms with E-state index in [0.717, 1.165) is 51.6 Å². The van der Waals surface area contributed by atoms with Crippen LogP contribution in [-0.2, 0) is 4.74 Å². The molecule has 0 unspecified atom stereocenters. The Morgan fingerprint density at radius 3 is 2.78 bits per heavy atom. The van der Waals surface area contributed by atoms with Crippen molar-refractivity contribution in [2.75, 3.05) is 52.5 Å². The van der Waals surface area contributed by atoms with Crippen LogP contribution in [0.25, 0.3) is 0 Å². The molecular weight excluding hydrogens is 292 g/mol. The first-order valence-electron chi connectivity index (χ1n) is 8.27. The molecule has 1 saturated heterocycles. The van der Waals surface area contributed by atoms with Crippen molar-refractivity contribution < 1.29 is 9.47 Å². The van der Waals surface area contributed by atoms with Crippen molar-refractivity contribution in [2.45, 2.75) is 13.3 Å². The Morgan fingerprint density at radius 1 is 1.30 bits per heavy atom. The summed E-state index contributed by atoms with van der Waals surface area (Å²) in [6, 6.07) is 8.01. The number of morpholine rings is 1. The average Bonchev–Trinajstić information content (AvgIpc) is 2.58. The van der Waals surface area contributed by atoms with E-state index in [9.17, 15) is 0 Å². The highest BCUT2D eigenvalue weighted by atomic mass is 16.5. The summed E-state index contributed by atoms with van der Waals surface area (Å²) >= 11 is 0. The van der Waals surface area contributed by atoms with Crippen LogP contribution in [0.5, 0.6) is 5.75 Å². The lowest BCUT2D eigenvalue weighted by Gasteiger charge is -2.26. The largest absolute Gasteiger partial charge is 0.492 e. The zero-order chi connectivity index (χ0) is 16.3. The molecule has 0 bridgehead atoms. The summed E-state index contributed by atoms with van der Waals surface area (Å²) in [5, 5.41) is 3.07. The second-order valence-corrected chi connectivity index (χ2v) is 5.66. The van der Waals surface area contributed by atoms with E-state index in [1.54, 1.807) is 0 Å². The van der Waals surface area contributed by atoms with Crippen molar-refractivity contribution in [3.05, 3.63) is 29.8 Å². The quantitative estimate of drug-likeness (QED) is 0.425. The van der Waals surface area contributed by atoms with Crippen LogP contribution in [0.2, 0.25) is 0 Å². The number of guanidine groups is 1. The van der Waals surface area contributed by atoms with Gasteiger partial charge in [-0.3, -0.25) is 9.89 Å². The van der Waals surface area contributed by atoms with Gasteiger partial charge in [-0.1, -0.05) is 17.7 Å². The van der Waals surface area contributed by atoms with Gasteiger partial charge in [0.15, 0.2) is 5.96 Å². The number of nitrogens with zero attached hydrogens (tertiary/aromatic N) is 2. The zero-order valence-electron chi connectivity index (χ0n) is 14.0. The summed E-state index contributed by atoms with van der Waals surface area (Å²) in [5.74, 6) is 1.36. The Labute approximate surface area is 138 Å².